The predicted octanol–water partition coefficient (Wildman–Crippen LogP) is 3.16. The first-order valence-electron chi connectivity index (χ1n) is 5.69. The Hall–Kier alpha value is -1.74. The van der Waals surface area contributed by atoms with Crippen molar-refractivity contribution in [1.82, 2.24) is 4.72 Å². The van der Waals surface area contributed by atoms with E-state index in [0.717, 1.165) is 6.07 Å². The van der Waals surface area contributed by atoms with E-state index in [4.69, 9.17) is 16.9 Å². The van der Waals surface area contributed by atoms with Gasteiger partial charge in [-0.3, -0.25) is 0 Å². The molecule has 0 fully saturated rings. The lowest BCUT2D eigenvalue weighted by Crippen LogP contribution is -2.17. The highest BCUT2D eigenvalue weighted by molar-refractivity contribution is 7.83. The standard InChI is InChI=1S/C14H10ClFN2OS/c15-12-3-5-13(6-4-12)20(19)18-9-11-2-1-10(8-17)7-14(11)16/h1-7,18H,9H2. The lowest BCUT2D eigenvalue weighted by Gasteiger charge is -2.06. The van der Waals surface area contributed by atoms with Crippen LogP contribution in [0, 0.1) is 17.1 Å². The van der Waals surface area contributed by atoms with E-state index in [-0.39, 0.29) is 12.1 Å². The van der Waals surface area contributed by atoms with E-state index in [2.05, 4.69) is 4.72 Å². The fraction of sp³-hybridized carbons (Fsp3) is 0.0714. The highest BCUT2D eigenvalue weighted by Crippen LogP contribution is 2.13. The van der Waals surface area contributed by atoms with Gasteiger partial charge >= 0.3 is 0 Å². The molecule has 1 unspecified atom stereocenters. The van der Waals surface area contributed by atoms with E-state index in [1.807, 2.05) is 6.07 Å². The van der Waals surface area contributed by atoms with E-state index >= 15 is 0 Å². The van der Waals surface area contributed by atoms with Gasteiger partial charge in [-0.25, -0.2) is 13.3 Å². The molecule has 1 atom stereocenters. The summed E-state index contributed by atoms with van der Waals surface area (Å²) in [4.78, 5) is 0.559. The minimum atomic E-state index is -1.45. The lowest BCUT2D eigenvalue weighted by molar-refractivity contribution is 0.605. The van der Waals surface area contributed by atoms with Crippen LogP contribution in [0.5, 0.6) is 0 Å². The SMILES string of the molecule is N#Cc1ccc(CNS(=O)c2ccc(Cl)cc2)c(F)c1. The molecule has 3 nitrogen and oxygen atoms in total. The molecule has 20 heavy (non-hydrogen) atoms. The average molecular weight is 309 g/mol. The highest BCUT2D eigenvalue weighted by atomic mass is 35.5. The van der Waals surface area contributed by atoms with Crippen LogP contribution >= 0.6 is 11.6 Å². The Bertz CT molecular complexity index is 683. The van der Waals surface area contributed by atoms with Gasteiger partial charge < -0.3 is 0 Å². The minimum absolute atomic E-state index is 0.104. The monoisotopic (exact) mass is 308 g/mol. The van der Waals surface area contributed by atoms with Gasteiger partial charge in [0.15, 0.2) is 0 Å². The predicted molar refractivity (Wildman–Crippen MR) is 75.8 cm³/mol. The van der Waals surface area contributed by atoms with Crippen LogP contribution in [-0.2, 0) is 17.5 Å². The molecule has 0 aliphatic rings. The molecule has 102 valence electrons. The van der Waals surface area contributed by atoms with Crippen LogP contribution in [0.2, 0.25) is 5.02 Å². The number of hydrogen-bond acceptors (Lipinski definition) is 2. The molecule has 0 aromatic heterocycles. The molecule has 0 spiro atoms. The fourth-order valence-electron chi connectivity index (χ4n) is 1.55. The third-order valence-corrected chi connectivity index (χ3v) is 3.96. The van der Waals surface area contributed by atoms with Crippen molar-refractivity contribution < 1.29 is 8.60 Å². The third-order valence-electron chi connectivity index (χ3n) is 2.60. The Labute approximate surface area is 123 Å². The first kappa shape index (κ1) is 14.7. The van der Waals surface area contributed by atoms with Crippen LogP contribution in [0.3, 0.4) is 0 Å². The molecule has 2 rings (SSSR count). The molecule has 1 N–H and O–H groups in total. The number of rotatable bonds is 4. The van der Waals surface area contributed by atoms with Crippen molar-refractivity contribution in [2.45, 2.75) is 11.4 Å². The summed E-state index contributed by atoms with van der Waals surface area (Å²) in [5, 5.41) is 9.21. The molecular weight excluding hydrogens is 299 g/mol. The summed E-state index contributed by atoms with van der Waals surface area (Å²) < 4.78 is 28.3. The van der Waals surface area contributed by atoms with Gasteiger partial charge in [-0.1, -0.05) is 17.7 Å². The van der Waals surface area contributed by atoms with Crippen LogP contribution < -0.4 is 4.72 Å². The molecule has 0 aliphatic carbocycles. The molecule has 0 radical (unpaired) electrons. The van der Waals surface area contributed by atoms with Crippen molar-refractivity contribution >= 4 is 22.6 Å². The molecule has 0 bridgehead atoms. The Morgan fingerprint density at radius 2 is 1.95 bits per heavy atom. The van der Waals surface area contributed by atoms with Crippen LogP contribution in [0.25, 0.3) is 0 Å². The second-order valence-corrected chi connectivity index (χ2v) is 5.70. The summed E-state index contributed by atoms with van der Waals surface area (Å²) in [6, 6.07) is 12.6. The number of nitriles is 1. The van der Waals surface area contributed by atoms with E-state index in [1.165, 1.54) is 12.1 Å². The average Bonchev–Trinajstić information content (AvgIpc) is 2.46. The van der Waals surface area contributed by atoms with E-state index in [9.17, 15) is 8.60 Å². The zero-order chi connectivity index (χ0) is 14.5. The highest BCUT2D eigenvalue weighted by Gasteiger charge is 2.07. The molecule has 6 heteroatoms. The Morgan fingerprint density at radius 1 is 1.25 bits per heavy atom. The van der Waals surface area contributed by atoms with Gasteiger partial charge in [0.25, 0.3) is 0 Å². The van der Waals surface area contributed by atoms with Crippen molar-refractivity contribution in [2.75, 3.05) is 0 Å². The second kappa shape index (κ2) is 6.62. The van der Waals surface area contributed by atoms with Crippen molar-refractivity contribution in [3.05, 3.63) is 64.4 Å². The Kier molecular flexibility index (Phi) is 4.85. The number of halogens is 2. The summed E-state index contributed by atoms with van der Waals surface area (Å²) in [7, 11) is -1.45. The van der Waals surface area contributed by atoms with E-state index in [0.29, 0.717) is 15.5 Å². The van der Waals surface area contributed by atoms with Crippen molar-refractivity contribution in [3.8, 4) is 6.07 Å². The van der Waals surface area contributed by atoms with Crippen molar-refractivity contribution in [2.24, 2.45) is 0 Å². The van der Waals surface area contributed by atoms with Gasteiger partial charge in [-0.15, -0.1) is 0 Å². The van der Waals surface area contributed by atoms with Gasteiger partial charge in [0, 0.05) is 17.1 Å². The maximum Gasteiger partial charge on any atom is 0.129 e. The molecule has 0 saturated carbocycles. The summed E-state index contributed by atoms with van der Waals surface area (Å²) in [5.41, 5.74) is 0.608. The van der Waals surface area contributed by atoms with Gasteiger partial charge in [0.2, 0.25) is 0 Å². The van der Waals surface area contributed by atoms with Crippen LogP contribution in [-0.4, -0.2) is 4.21 Å². The van der Waals surface area contributed by atoms with Gasteiger partial charge in [-0.2, -0.15) is 5.26 Å². The van der Waals surface area contributed by atoms with Crippen molar-refractivity contribution in [1.29, 1.82) is 5.26 Å². The smallest absolute Gasteiger partial charge is 0.129 e. The normalized spacial score (nSPS) is 11.8. The summed E-state index contributed by atoms with van der Waals surface area (Å²) >= 11 is 5.74. The third kappa shape index (κ3) is 3.64. The maximum atomic E-state index is 13.6. The zero-order valence-corrected chi connectivity index (χ0v) is 11.8. The topological polar surface area (TPSA) is 52.9 Å². The molecule has 0 aliphatic heterocycles. The van der Waals surface area contributed by atoms with E-state index in [1.54, 1.807) is 24.3 Å². The second-order valence-electron chi connectivity index (χ2n) is 3.96. The molecular formula is C14H10ClFN2OS. The van der Waals surface area contributed by atoms with Crippen LogP contribution in [0.4, 0.5) is 4.39 Å². The Morgan fingerprint density at radius 3 is 2.55 bits per heavy atom. The lowest BCUT2D eigenvalue weighted by atomic mass is 10.1. The molecule has 2 aromatic rings. The molecule has 0 heterocycles. The molecule has 2 aromatic carbocycles. The summed E-state index contributed by atoms with van der Waals surface area (Å²) in [5.74, 6) is -0.496. The van der Waals surface area contributed by atoms with Crippen LogP contribution in [0.1, 0.15) is 11.1 Å². The zero-order valence-electron chi connectivity index (χ0n) is 10.3. The molecule has 0 saturated heterocycles. The van der Waals surface area contributed by atoms with Gasteiger partial charge in [-0.05, 0) is 36.4 Å². The number of benzene rings is 2. The summed E-state index contributed by atoms with van der Waals surface area (Å²) in [6.45, 7) is 0.104. The number of nitrogens with one attached hydrogen (secondary N) is 1. The largest absolute Gasteiger partial charge is 0.237 e. The minimum Gasteiger partial charge on any atom is -0.237 e. The first-order valence-corrected chi connectivity index (χ1v) is 7.22. The number of hydrogen-bond donors (Lipinski definition) is 1. The Balaban J connectivity index is 2.04. The maximum absolute atomic E-state index is 13.6. The van der Waals surface area contributed by atoms with E-state index < -0.39 is 16.8 Å². The number of nitrogens with zero attached hydrogens (tertiary/aromatic N) is 1. The van der Waals surface area contributed by atoms with Gasteiger partial charge in [0.1, 0.15) is 16.8 Å². The summed E-state index contributed by atoms with van der Waals surface area (Å²) in [6.07, 6.45) is 0. The quantitative estimate of drug-likeness (QED) is 0.943. The van der Waals surface area contributed by atoms with Crippen LogP contribution in [0.15, 0.2) is 47.4 Å². The van der Waals surface area contributed by atoms with Crippen molar-refractivity contribution in [3.63, 3.8) is 0 Å². The molecule has 0 amide bonds. The fourth-order valence-corrected chi connectivity index (χ4v) is 2.51. The first-order chi connectivity index (χ1) is 9.60. The van der Waals surface area contributed by atoms with Gasteiger partial charge in [0.05, 0.1) is 16.5 Å².